The van der Waals surface area contributed by atoms with E-state index >= 15 is 0 Å². The summed E-state index contributed by atoms with van der Waals surface area (Å²) >= 11 is 8.57. The van der Waals surface area contributed by atoms with E-state index in [2.05, 4.69) is 30.3 Å². The second kappa shape index (κ2) is 11.1. The number of rotatable bonds is 9. The number of imidazole rings is 1. The topological polar surface area (TPSA) is 146 Å². The lowest BCUT2D eigenvalue weighted by molar-refractivity contribution is 0.0923. The number of carbonyl (C=O) groups excluding carboxylic acids is 2. The minimum absolute atomic E-state index is 0.0270. The maximum atomic E-state index is 13.0. The normalized spacial score (nSPS) is 14.2. The van der Waals surface area contributed by atoms with Gasteiger partial charge in [0, 0.05) is 28.9 Å². The highest BCUT2D eigenvalue weighted by atomic mass is 35.5. The number of carbonyl (C=O) groups is 2. The van der Waals surface area contributed by atoms with Crippen LogP contribution < -0.4 is 15.4 Å². The predicted molar refractivity (Wildman–Crippen MR) is 137 cm³/mol. The molecular formula is C21H23ClN6O4S3. The third kappa shape index (κ3) is 7.04. The standard InChI is InChI=1S/C21H23ClN6O4S3/c1-35(31,32)25-11-16-18(33-20-23-8-9-24-20)34-21(27-16)28-19(30)26-15-7-6-13(22)10-14(15)17(29)12-4-2-3-5-12/h6-10,12,25H,2-5,11H2,1H3,(H,23,24)(H2,26,27,28,30). The molecule has 0 aliphatic heterocycles. The molecule has 3 aromatic rings. The van der Waals surface area contributed by atoms with E-state index in [-0.39, 0.29) is 23.4 Å². The van der Waals surface area contributed by atoms with Crippen molar-refractivity contribution in [1.29, 1.82) is 0 Å². The second-order valence-corrected chi connectivity index (χ2v) is 12.5. The maximum absolute atomic E-state index is 13.0. The summed E-state index contributed by atoms with van der Waals surface area (Å²) in [6.45, 7) is -0.0428. The molecule has 2 heterocycles. The Balaban J connectivity index is 1.50. The number of hydrogen-bond donors (Lipinski definition) is 4. The van der Waals surface area contributed by atoms with Gasteiger partial charge in [-0.3, -0.25) is 10.1 Å². The van der Waals surface area contributed by atoms with Gasteiger partial charge in [-0.25, -0.2) is 27.9 Å². The number of Topliss-reactive ketones (excluding diaryl/α,β-unsaturated/α-hetero) is 1. The molecule has 4 N–H and O–H groups in total. The number of anilines is 2. The lowest BCUT2D eigenvalue weighted by atomic mass is 9.95. The Morgan fingerprint density at radius 3 is 2.71 bits per heavy atom. The van der Waals surface area contributed by atoms with Crippen molar-refractivity contribution in [3.8, 4) is 0 Å². The van der Waals surface area contributed by atoms with Crippen molar-refractivity contribution in [3.05, 3.63) is 46.9 Å². The van der Waals surface area contributed by atoms with Gasteiger partial charge in [-0.1, -0.05) is 35.8 Å². The van der Waals surface area contributed by atoms with E-state index in [0.717, 1.165) is 31.9 Å². The molecule has 4 rings (SSSR count). The van der Waals surface area contributed by atoms with Gasteiger partial charge in [0.25, 0.3) is 0 Å². The van der Waals surface area contributed by atoms with Crippen LogP contribution in [0.25, 0.3) is 0 Å². The highest BCUT2D eigenvalue weighted by molar-refractivity contribution is 8.01. The molecule has 2 amide bonds. The van der Waals surface area contributed by atoms with Crippen LogP contribution in [-0.4, -0.2) is 41.4 Å². The van der Waals surface area contributed by atoms with E-state index in [4.69, 9.17) is 11.6 Å². The van der Waals surface area contributed by atoms with Crippen LogP contribution in [0.4, 0.5) is 15.6 Å². The Labute approximate surface area is 215 Å². The van der Waals surface area contributed by atoms with Crippen LogP contribution in [0.15, 0.2) is 40.0 Å². The van der Waals surface area contributed by atoms with Crippen LogP contribution in [0.2, 0.25) is 5.02 Å². The molecule has 0 spiro atoms. The van der Waals surface area contributed by atoms with Crippen LogP contribution in [0.3, 0.4) is 0 Å². The van der Waals surface area contributed by atoms with Gasteiger partial charge in [-0.05, 0) is 42.8 Å². The maximum Gasteiger partial charge on any atom is 0.325 e. The monoisotopic (exact) mass is 554 g/mol. The van der Waals surface area contributed by atoms with Crippen LogP contribution in [0.1, 0.15) is 41.7 Å². The SMILES string of the molecule is CS(=O)(=O)NCc1nc(NC(=O)Nc2ccc(Cl)cc2C(=O)C2CCCC2)sc1Sc1ncc[nH]1. The molecule has 186 valence electrons. The zero-order chi connectivity index (χ0) is 25.0. The van der Waals surface area contributed by atoms with Crippen LogP contribution in [0, 0.1) is 5.92 Å². The van der Waals surface area contributed by atoms with E-state index in [1.165, 1.54) is 23.1 Å². The molecule has 0 unspecified atom stereocenters. The van der Waals surface area contributed by atoms with Crippen LogP contribution in [0.5, 0.6) is 0 Å². The summed E-state index contributed by atoms with van der Waals surface area (Å²) in [5, 5.41) is 6.67. The molecule has 1 aliphatic rings. The van der Waals surface area contributed by atoms with E-state index in [1.54, 1.807) is 30.6 Å². The molecule has 0 radical (unpaired) electrons. The molecule has 35 heavy (non-hydrogen) atoms. The molecule has 14 heteroatoms. The highest BCUT2D eigenvalue weighted by Crippen LogP contribution is 2.36. The fourth-order valence-electron chi connectivity index (χ4n) is 3.66. The predicted octanol–water partition coefficient (Wildman–Crippen LogP) is 4.74. The summed E-state index contributed by atoms with van der Waals surface area (Å²) in [5.41, 5.74) is 1.19. The smallest absolute Gasteiger partial charge is 0.325 e. The average molecular weight is 555 g/mol. The number of aromatic nitrogens is 3. The summed E-state index contributed by atoms with van der Waals surface area (Å²) in [5.74, 6) is -0.0945. The van der Waals surface area contributed by atoms with Crippen molar-refractivity contribution in [3.63, 3.8) is 0 Å². The first kappa shape index (κ1) is 25.6. The van der Waals surface area contributed by atoms with Crippen molar-refractivity contribution < 1.29 is 18.0 Å². The largest absolute Gasteiger partial charge is 0.339 e. The van der Waals surface area contributed by atoms with Crippen molar-refractivity contribution >= 4 is 67.4 Å². The third-order valence-corrected chi connectivity index (χ3v) is 8.32. The van der Waals surface area contributed by atoms with E-state index in [9.17, 15) is 18.0 Å². The molecule has 1 aliphatic carbocycles. The molecule has 0 saturated heterocycles. The number of sulfonamides is 1. The van der Waals surface area contributed by atoms with Crippen molar-refractivity contribution in [2.24, 2.45) is 5.92 Å². The number of nitrogens with one attached hydrogen (secondary N) is 4. The first-order valence-corrected chi connectivity index (χ1v) is 14.6. The van der Waals surface area contributed by atoms with Gasteiger partial charge in [-0.15, -0.1) is 0 Å². The zero-order valence-corrected chi connectivity index (χ0v) is 21.8. The Morgan fingerprint density at radius 1 is 1.26 bits per heavy atom. The number of aromatic amines is 1. The highest BCUT2D eigenvalue weighted by Gasteiger charge is 2.26. The lowest BCUT2D eigenvalue weighted by Gasteiger charge is -2.14. The summed E-state index contributed by atoms with van der Waals surface area (Å²) in [6.07, 6.45) is 8.01. The summed E-state index contributed by atoms with van der Waals surface area (Å²) in [6, 6.07) is 4.21. The van der Waals surface area contributed by atoms with Crippen LogP contribution in [-0.2, 0) is 16.6 Å². The van der Waals surface area contributed by atoms with Crippen LogP contribution >= 0.6 is 34.7 Å². The Kier molecular flexibility index (Phi) is 8.12. The molecule has 1 aromatic carbocycles. The quantitative estimate of drug-likeness (QED) is 0.279. The molecule has 10 nitrogen and oxygen atoms in total. The minimum atomic E-state index is -3.44. The van der Waals surface area contributed by atoms with Gasteiger partial charge in [0.05, 0.1) is 28.4 Å². The Bertz CT molecular complexity index is 1320. The van der Waals surface area contributed by atoms with E-state index < -0.39 is 16.1 Å². The number of nitrogens with zero attached hydrogens (tertiary/aromatic N) is 2. The number of H-pyrrole nitrogens is 1. The average Bonchev–Trinajstić information content (AvgIpc) is 3.55. The summed E-state index contributed by atoms with van der Waals surface area (Å²) in [4.78, 5) is 37.3. The fourth-order valence-corrected chi connectivity index (χ4v) is 6.24. The van der Waals surface area contributed by atoms with Gasteiger partial charge in [0.2, 0.25) is 10.0 Å². The number of benzene rings is 1. The molecule has 1 saturated carbocycles. The van der Waals surface area contributed by atoms with Crippen molar-refractivity contribution in [2.45, 2.75) is 41.6 Å². The Hall–Kier alpha value is -2.45. The van der Waals surface area contributed by atoms with Gasteiger partial charge >= 0.3 is 6.03 Å². The van der Waals surface area contributed by atoms with E-state index in [0.29, 0.717) is 31.3 Å². The molecular weight excluding hydrogens is 532 g/mol. The minimum Gasteiger partial charge on any atom is -0.339 e. The van der Waals surface area contributed by atoms with Gasteiger partial charge in [-0.2, -0.15) is 0 Å². The number of thiazole rings is 1. The van der Waals surface area contributed by atoms with Crippen molar-refractivity contribution in [2.75, 3.05) is 16.9 Å². The number of hydrogen-bond acceptors (Lipinski definition) is 8. The number of amides is 2. The first-order valence-electron chi connectivity index (χ1n) is 10.7. The second-order valence-electron chi connectivity index (χ2n) is 7.96. The number of urea groups is 1. The van der Waals surface area contributed by atoms with Crippen molar-refractivity contribution in [1.82, 2.24) is 19.7 Å². The molecule has 0 atom stereocenters. The number of halogens is 1. The van der Waals surface area contributed by atoms with E-state index in [1.807, 2.05) is 0 Å². The third-order valence-electron chi connectivity index (χ3n) is 5.27. The fraction of sp³-hybridized carbons (Fsp3) is 0.333. The zero-order valence-electron chi connectivity index (χ0n) is 18.6. The van der Waals surface area contributed by atoms with Gasteiger partial charge in [0.1, 0.15) is 0 Å². The van der Waals surface area contributed by atoms with Gasteiger partial charge in [0.15, 0.2) is 16.1 Å². The molecule has 2 aromatic heterocycles. The molecule has 1 fully saturated rings. The van der Waals surface area contributed by atoms with Gasteiger partial charge < -0.3 is 10.3 Å². The number of ketones is 1. The lowest BCUT2D eigenvalue weighted by Crippen LogP contribution is -2.23. The summed E-state index contributed by atoms with van der Waals surface area (Å²) < 4.78 is 26.2. The molecule has 0 bridgehead atoms. The summed E-state index contributed by atoms with van der Waals surface area (Å²) in [7, 11) is -3.44. The first-order chi connectivity index (χ1) is 16.7. The Morgan fingerprint density at radius 2 is 2.03 bits per heavy atom.